The van der Waals surface area contributed by atoms with Crippen molar-refractivity contribution in [2.24, 2.45) is 10.9 Å². The van der Waals surface area contributed by atoms with Crippen molar-refractivity contribution in [3.05, 3.63) is 0 Å². The number of sulfone groups is 1. The number of carbonyl (C=O) groups is 1. The van der Waals surface area contributed by atoms with E-state index in [1.54, 1.807) is 7.05 Å². The van der Waals surface area contributed by atoms with Crippen LogP contribution in [0, 0.1) is 5.92 Å². The van der Waals surface area contributed by atoms with Crippen LogP contribution in [0.25, 0.3) is 0 Å². The zero-order valence-electron chi connectivity index (χ0n) is 18.1. The van der Waals surface area contributed by atoms with Crippen LogP contribution in [-0.2, 0) is 14.6 Å². The van der Waals surface area contributed by atoms with E-state index in [1.165, 1.54) is 6.26 Å². The van der Waals surface area contributed by atoms with Gasteiger partial charge in [0, 0.05) is 39.5 Å². The molecule has 9 heteroatoms. The number of aliphatic imine (C=N–C) groups is 1. The van der Waals surface area contributed by atoms with E-state index in [1.807, 2.05) is 32.7 Å². The van der Waals surface area contributed by atoms with Crippen LogP contribution in [0.3, 0.4) is 0 Å². The van der Waals surface area contributed by atoms with E-state index < -0.39 is 21.5 Å². The lowest BCUT2D eigenvalue weighted by molar-refractivity contribution is 0.0485. The smallest absolute Gasteiger partial charge is 0.407 e. The van der Waals surface area contributed by atoms with Crippen molar-refractivity contribution in [3.8, 4) is 0 Å². The van der Waals surface area contributed by atoms with Crippen LogP contribution in [0.1, 0.15) is 47.5 Å². The van der Waals surface area contributed by atoms with Crippen molar-refractivity contribution in [3.63, 3.8) is 0 Å². The number of amides is 1. The molecular weight excluding hydrogens is 368 g/mol. The molecule has 0 bridgehead atoms. The minimum Gasteiger partial charge on any atom is -0.444 e. The van der Waals surface area contributed by atoms with Gasteiger partial charge in [-0.3, -0.25) is 4.99 Å². The Labute approximate surface area is 165 Å². The first kappa shape index (κ1) is 25.5. The summed E-state index contributed by atoms with van der Waals surface area (Å²) < 4.78 is 27.7. The summed E-state index contributed by atoms with van der Waals surface area (Å²) in [6.07, 6.45) is 2.09. The number of hydrogen-bond donors (Lipinski definition) is 2. The molecule has 0 aliphatic carbocycles. The number of carbonyl (C=O) groups excluding carboxylic acids is 1. The zero-order valence-corrected chi connectivity index (χ0v) is 18.9. The standard InChI is InChI=1S/C18H38N4O4S/c1-14(2)15(21-17(23)26-18(3,4)5)10-12-22(7)16(19-6)20-11-9-13-27(8,24)25/h14-15H,9-13H2,1-8H3,(H,19,20)(H,21,23). The molecule has 0 spiro atoms. The molecule has 27 heavy (non-hydrogen) atoms. The third kappa shape index (κ3) is 13.3. The molecule has 0 fully saturated rings. The minimum atomic E-state index is -2.95. The Morgan fingerprint density at radius 2 is 1.85 bits per heavy atom. The zero-order chi connectivity index (χ0) is 21.3. The number of hydrogen-bond acceptors (Lipinski definition) is 5. The molecule has 160 valence electrons. The molecule has 0 saturated heterocycles. The molecule has 0 aliphatic rings. The molecule has 0 rings (SSSR count). The molecule has 0 aromatic carbocycles. The highest BCUT2D eigenvalue weighted by atomic mass is 32.2. The van der Waals surface area contributed by atoms with E-state index in [-0.39, 0.29) is 17.7 Å². The Kier molecular flexibility index (Phi) is 10.7. The number of ether oxygens (including phenoxy) is 1. The van der Waals surface area contributed by atoms with Crippen molar-refractivity contribution >= 4 is 21.9 Å². The Bertz CT molecular complexity index is 583. The van der Waals surface area contributed by atoms with E-state index in [2.05, 4.69) is 29.5 Å². The second kappa shape index (κ2) is 11.4. The van der Waals surface area contributed by atoms with Crippen LogP contribution < -0.4 is 10.6 Å². The van der Waals surface area contributed by atoms with Gasteiger partial charge >= 0.3 is 6.09 Å². The van der Waals surface area contributed by atoms with Crippen LogP contribution in [0.15, 0.2) is 4.99 Å². The van der Waals surface area contributed by atoms with Crippen molar-refractivity contribution in [1.29, 1.82) is 0 Å². The average molecular weight is 407 g/mol. The maximum atomic E-state index is 12.0. The fraction of sp³-hybridized carbons (Fsp3) is 0.889. The Morgan fingerprint density at radius 3 is 2.30 bits per heavy atom. The maximum Gasteiger partial charge on any atom is 0.407 e. The van der Waals surface area contributed by atoms with Crippen LogP contribution >= 0.6 is 0 Å². The average Bonchev–Trinajstić information content (AvgIpc) is 2.48. The topological polar surface area (TPSA) is 100 Å². The molecular formula is C18H38N4O4S. The van der Waals surface area contributed by atoms with Gasteiger partial charge in [0.05, 0.1) is 5.75 Å². The summed E-state index contributed by atoms with van der Waals surface area (Å²) in [5.41, 5.74) is -0.527. The number of nitrogens with zero attached hydrogens (tertiary/aromatic N) is 2. The van der Waals surface area contributed by atoms with Gasteiger partial charge in [0.25, 0.3) is 0 Å². The van der Waals surface area contributed by atoms with Gasteiger partial charge in [-0.1, -0.05) is 13.8 Å². The van der Waals surface area contributed by atoms with Gasteiger partial charge in [0.15, 0.2) is 5.96 Å². The number of rotatable bonds is 9. The summed E-state index contributed by atoms with van der Waals surface area (Å²) >= 11 is 0. The van der Waals surface area contributed by atoms with E-state index in [0.29, 0.717) is 25.5 Å². The van der Waals surface area contributed by atoms with Crippen molar-refractivity contribution in [2.45, 2.75) is 59.1 Å². The molecule has 0 aliphatic heterocycles. The van der Waals surface area contributed by atoms with Gasteiger partial charge < -0.3 is 20.3 Å². The minimum absolute atomic E-state index is 0.0226. The van der Waals surface area contributed by atoms with Crippen molar-refractivity contribution in [1.82, 2.24) is 15.5 Å². The van der Waals surface area contributed by atoms with Crippen LogP contribution in [0.2, 0.25) is 0 Å². The van der Waals surface area contributed by atoms with E-state index >= 15 is 0 Å². The first-order chi connectivity index (χ1) is 12.2. The van der Waals surface area contributed by atoms with E-state index in [0.717, 1.165) is 6.42 Å². The third-order valence-electron chi connectivity index (χ3n) is 3.83. The third-order valence-corrected chi connectivity index (χ3v) is 4.86. The van der Waals surface area contributed by atoms with Crippen molar-refractivity contribution in [2.75, 3.05) is 39.2 Å². The molecule has 0 heterocycles. The van der Waals surface area contributed by atoms with Crippen LogP contribution in [0.5, 0.6) is 0 Å². The summed E-state index contributed by atoms with van der Waals surface area (Å²) in [6, 6.07) is -0.0226. The van der Waals surface area contributed by atoms with Gasteiger partial charge in [-0.05, 0) is 39.5 Å². The Hall–Kier alpha value is -1.51. The normalized spacial score (nSPS) is 14.0. The summed E-state index contributed by atoms with van der Waals surface area (Å²) in [4.78, 5) is 18.2. The largest absolute Gasteiger partial charge is 0.444 e. The first-order valence-corrected chi connectivity index (χ1v) is 11.4. The Morgan fingerprint density at radius 1 is 1.26 bits per heavy atom. The second-order valence-electron chi connectivity index (χ2n) is 8.16. The summed E-state index contributed by atoms with van der Waals surface area (Å²) in [5, 5.41) is 6.11. The molecule has 1 atom stereocenters. The number of guanidine groups is 1. The quantitative estimate of drug-likeness (QED) is 0.344. The maximum absolute atomic E-state index is 12.0. The highest BCUT2D eigenvalue weighted by Gasteiger charge is 2.22. The molecule has 0 radical (unpaired) electrons. The summed E-state index contributed by atoms with van der Waals surface area (Å²) in [5.74, 6) is 1.11. The van der Waals surface area contributed by atoms with Gasteiger partial charge in [-0.2, -0.15) is 0 Å². The molecule has 0 aromatic rings. The lowest BCUT2D eigenvalue weighted by Crippen LogP contribution is -2.45. The predicted molar refractivity (Wildman–Crippen MR) is 111 cm³/mol. The predicted octanol–water partition coefficient (Wildman–Crippen LogP) is 1.87. The number of alkyl carbamates (subject to hydrolysis) is 1. The van der Waals surface area contributed by atoms with Gasteiger partial charge in [0.2, 0.25) is 0 Å². The molecule has 0 aromatic heterocycles. The molecule has 0 saturated carbocycles. The molecule has 1 unspecified atom stereocenters. The monoisotopic (exact) mass is 406 g/mol. The highest BCUT2D eigenvalue weighted by Crippen LogP contribution is 2.11. The fourth-order valence-electron chi connectivity index (χ4n) is 2.39. The Balaban J connectivity index is 4.52. The highest BCUT2D eigenvalue weighted by molar-refractivity contribution is 7.90. The summed E-state index contributed by atoms with van der Waals surface area (Å²) in [7, 11) is 0.652. The van der Waals surface area contributed by atoms with Crippen LogP contribution in [-0.4, -0.2) is 76.2 Å². The van der Waals surface area contributed by atoms with Crippen molar-refractivity contribution < 1.29 is 17.9 Å². The SMILES string of the molecule is CN=C(NCCCS(C)(=O)=O)N(C)CCC(NC(=O)OC(C)(C)C)C(C)C. The van der Waals surface area contributed by atoms with Gasteiger partial charge in [0.1, 0.15) is 15.4 Å². The first-order valence-electron chi connectivity index (χ1n) is 9.34. The molecule has 1 amide bonds. The summed E-state index contributed by atoms with van der Waals surface area (Å²) in [6.45, 7) is 10.8. The molecule has 8 nitrogen and oxygen atoms in total. The number of nitrogens with one attached hydrogen (secondary N) is 2. The lowest BCUT2D eigenvalue weighted by Gasteiger charge is -2.28. The molecule has 2 N–H and O–H groups in total. The van der Waals surface area contributed by atoms with Crippen LogP contribution in [0.4, 0.5) is 4.79 Å². The van der Waals surface area contributed by atoms with E-state index in [9.17, 15) is 13.2 Å². The second-order valence-corrected chi connectivity index (χ2v) is 10.4. The van der Waals surface area contributed by atoms with Gasteiger partial charge in [-0.15, -0.1) is 0 Å². The lowest BCUT2D eigenvalue weighted by atomic mass is 10.0. The van der Waals surface area contributed by atoms with E-state index in [4.69, 9.17) is 4.74 Å². The van der Waals surface area contributed by atoms with Gasteiger partial charge in [-0.25, -0.2) is 13.2 Å². The fourth-order valence-corrected chi connectivity index (χ4v) is 3.06.